The number of phenols is 1. The van der Waals surface area contributed by atoms with Crippen molar-refractivity contribution < 1.29 is 19.0 Å². The Morgan fingerprint density at radius 2 is 2.08 bits per heavy atom. The molecule has 0 aromatic heterocycles. The summed E-state index contributed by atoms with van der Waals surface area (Å²) in [4.78, 5) is 12.5. The Morgan fingerprint density at radius 3 is 2.83 bits per heavy atom. The van der Waals surface area contributed by atoms with Crippen LogP contribution in [0.25, 0.3) is 6.08 Å². The summed E-state index contributed by atoms with van der Waals surface area (Å²) in [6.07, 6.45) is 1.57. The van der Waals surface area contributed by atoms with Gasteiger partial charge in [-0.25, -0.2) is 4.39 Å². The number of carbonyl (C=O) groups is 1. The molecule has 24 heavy (non-hydrogen) atoms. The van der Waals surface area contributed by atoms with Crippen LogP contribution in [0.4, 0.5) is 10.1 Å². The van der Waals surface area contributed by atoms with Crippen LogP contribution >= 0.6 is 11.8 Å². The van der Waals surface area contributed by atoms with E-state index in [1.807, 2.05) is 0 Å². The molecule has 1 aliphatic heterocycles. The van der Waals surface area contributed by atoms with E-state index in [-0.39, 0.29) is 11.7 Å². The van der Waals surface area contributed by atoms with E-state index in [2.05, 4.69) is 10.6 Å². The zero-order chi connectivity index (χ0) is 17.1. The molecule has 3 N–H and O–H groups in total. The second kappa shape index (κ2) is 6.84. The third-order valence-electron chi connectivity index (χ3n) is 3.43. The van der Waals surface area contributed by atoms with Gasteiger partial charge in [-0.3, -0.25) is 4.79 Å². The van der Waals surface area contributed by atoms with Gasteiger partial charge in [-0.1, -0.05) is 36.0 Å². The van der Waals surface area contributed by atoms with Crippen molar-refractivity contribution in [3.63, 3.8) is 0 Å². The van der Waals surface area contributed by atoms with E-state index in [9.17, 15) is 14.3 Å². The van der Waals surface area contributed by atoms with Gasteiger partial charge >= 0.3 is 0 Å². The van der Waals surface area contributed by atoms with Crippen molar-refractivity contribution >= 4 is 29.4 Å². The van der Waals surface area contributed by atoms with Crippen molar-refractivity contribution in [3.8, 4) is 11.5 Å². The highest BCUT2D eigenvalue weighted by atomic mass is 32.2. The van der Waals surface area contributed by atoms with Gasteiger partial charge in [-0.05, 0) is 24.3 Å². The fourth-order valence-corrected chi connectivity index (χ4v) is 3.21. The van der Waals surface area contributed by atoms with Crippen LogP contribution in [0.3, 0.4) is 0 Å². The van der Waals surface area contributed by atoms with E-state index in [1.165, 1.54) is 24.9 Å². The maximum Gasteiger partial charge on any atom is 0.260 e. The molecular formula is C17H15FN2O3S. The van der Waals surface area contributed by atoms with E-state index < -0.39 is 11.3 Å². The summed E-state index contributed by atoms with van der Waals surface area (Å²) >= 11 is 1.21. The molecule has 2 aromatic carbocycles. The van der Waals surface area contributed by atoms with Gasteiger partial charge < -0.3 is 20.5 Å². The van der Waals surface area contributed by atoms with Crippen LogP contribution in [0, 0.1) is 5.82 Å². The Balaban J connectivity index is 1.79. The van der Waals surface area contributed by atoms with Crippen LogP contribution in [0.5, 0.6) is 11.5 Å². The SMILES string of the molecule is COc1cccc(/C=C2\SC(Nc3ccccc3F)NC2=O)c1O. The average Bonchev–Trinajstić information content (AvgIpc) is 2.91. The molecule has 0 saturated carbocycles. The summed E-state index contributed by atoms with van der Waals surface area (Å²) in [7, 11) is 1.46. The molecule has 0 radical (unpaired) electrons. The van der Waals surface area contributed by atoms with Gasteiger partial charge in [-0.15, -0.1) is 0 Å². The number of para-hydroxylation sites is 2. The summed E-state index contributed by atoms with van der Waals surface area (Å²) < 4.78 is 18.7. The summed E-state index contributed by atoms with van der Waals surface area (Å²) in [5, 5.41) is 15.7. The number of ether oxygens (including phenoxy) is 1. The van der Waals surface area contributed by atoms with Crippen LogP contribution in [-0.2, 0) is 4.79 Å². The number of phenolic OH excluding ortho intramolecular Hbond substituents is 1. The number of nitrogens with one attached hydrogen (secondary N) is 2. The minimum atomic E-state index is -0.492. The monoisotopic (exact) mass is 346 g/mol. The van der Waals surface area contributed by atoms with Gasteiger partial charge in [0.05, 0.1) is 17.7 Å². The van der Waals surface area contributed by atoms with Crippen LogP contribution in [0.1, 0.15) is 5.56 Å². The molecule has 1 saturated heterocycles. The highest BCUT2D eigenvalue weighted by molar-refractivity contribution is 8.05. The molecule has 124 valence electrons. The predicted molar refractivity (Wildman–Crippen MR) is 92.2 cm³/mol. The summed E-state index contributed by atoms with van der Waals surface area (Å²) in [5.74, 6) is -0.397. The minimum Gasteiger partial charge on any atom is -0.504 e. The number of carbonyl (C=O) groups excluding carboxylic acids is 1. The van der Waals surface area contributed by atoms with Crippen LogP contribution in [0.2, 0.25) is 0 Å². The van der Waals surface area contributed by atoms with Gasteiger partial charge in [0.25, 0.3) is 5.91 Å². The lowest BCUT2D eigenvalue weighted by Crippen LogP contribution is -2.31. The number of halogens is 1. The predicted octanol–water partition coefficient (Wildman–Crippen LogP) is 3.14. The van der Waals surface area contributed by atoms with Crippen LogP contribution in [-0.4, -0.2) is 23.6 Å². The number of methoxy groups -OCH3 is 1. The van der Waals surface area contributed by atoms with Crippen molar-refractivity contribution in [2.24, 2.45) is 0 Å². The zero-order valence-electron chi connectivity index (χ0n) is 12.7. The van der Waals surface area contributed by atoms with Crippen molar-refractivity contribution in [3.05, 3.63) is 58.8 Å². The first-order valence-corrected chi connectivity index (χ1v) is 8.02. The maximum atomic E-state index is 13.7. The van der Waals surface area contributed by atoms with Gasteiger partial charge in [-0.2, -0.15) is 0 Å². The number of thioether (sulfide) groups is 1. The first-order chi connectivity index (χ1) is 11.6. The number of aromatic hydroxyl groups is 1. The standard InChI is InChI=1S/C17H15FN2O3S/c1-23-13-8-4-5-10(15(13)21)9-14-16(22)20-17(24-14)19-12-7-3-2-6-11(12)18/h2-9,17,19,21H,1H3,(H,20,22)/b14-9-. The number of hydrogen-bond acceptors (Lipinski definition) is 5. The van der Waals surface area contributed by atoms with Crippen molar-refractivity contribution in [2.45, 2.75) is 5.50 Å². The fraction of sp³-hybridized carbons (Fsp3) is 0.118. The summed E-state index contributed by atoms with van der Waals surface area (Å²) in [6.45, 7) is 0. The number of anilines is 1. The lowest BCUT2D eigenvalue weighted by molar-refractivity contribution is -0.116. The first-order valence-electron chi connectivity index (χ1n) is 7.14. The molecule has 0 aliphatic carbocycles. The molecule has 1 aliphatic rings. The van der Waals surface area contributed by atoms with E-state index in [0.717, 1.165) is 0 Å². The molecular weight excluding hydrogens is 331 g/mol. The number of rotatable bonds is 4. The molecule has 3 rings (SSSR count). The Labute approximate surface area is 142 Å². The van der Waals surface area contributed by atoms with Crippen molar-refractivity contribution in [1.29, 1.82) is 0 Å². The van der Waals surface area contributed by atoms with Gasteiger partial charge in [0.15, 0.2) is 17.0 Å². The second-order valence-electron chi connectivity index (χ2n) is 5.00. The average molecular weight is 346 g/mol. The molecule has 0 spiro atoms. The summed E-state index contributed by atoms with van der Waals surface area (Å²) in [6, 6.07) is 11.3. The van der Waals surface area contributed by atoms with Crippen LogP contribution < -0.4 is 15.4 Å². The molecule has 1 atom stereocenters. The molecule has 5 nitrogen and oxygen atoms in total. The Bertz CT molecular complexity index is 810. The largest absolute Gasteiger partial charge is 0.504 e. The minimum absolute atomic E-state index is 0.0357. The Kier molecular flexibility index (Phi) is 4.61. The second-order valence-corrected chi connectivity index (χ2v) is 6.15. The third kappa shape index (κ3) is 3.30. The highest BCUT2D eigenvalue weighted by Gasteiger charge is 2.28. The van der Waals surface area contributed by atoms with Crippen LogP contribution in [0.15, 0.2) is 47.4 Å². The number of benzene rings is 2. The Hall–Kier alpha value is -2.67. The quantitative estimate of drug-likeness (QED) is 0.742. The molecule has 1 heterocycles. The van der Waals surface area contributed by atoms with E-state index in [4.69, 9.17) is 4.74 Å². The smallest absolute Gasteiger partial charge is 0.260 e. The normalized spacial score (nSPS) is 18.5. The molecule has 0 bridgehead atoms. The van der Waals surface area contributed by atoms with Gasteiger partial charge in [0.2, 0.25) is 0 Å². The van der Waals surface area contributed by atoms with E-state index in [1.54, 1.807) is 42.5 Å². The van der Waals surface area contributed by atoms with Gasteiger partial charge in [0.1, 0.15) is 5.82 Å². The van der Waals surface area contributed by atoms with E-state index >= 15 is 0 Å². The molecule has 7 heteroatoms. The molecule has 1 amide bonds. The molecule has 1 unspecified atom stereocenters. The maximum absolute atomic E-state index is 13.7. The lowest BCUT2D eigenvalue weighted by Gasteiger charge is -2.13. The molecule has 2 aromatic rings. The number of amides is 1. The Morgan fingerprint density at radius 1 is 1.29 bits per heavy atom. The molecule has 1 fully saturated rings. The topological polar surface area (TPSA) is 70.6 Å². The highest BCUT2D eigenvalue weighted by Crippen LogP contribution is 2.35. The fourth-order valence-electron chi connectivity index (χ4n) is 2.25. The first kappa shape index (κ1) is 16.2. The van der Waals surface area contributed by atoms with Gasteiger partial charge in [0, 0.05) is 5.56 Å². The van der Waals surface area contributed by atoms with Crippen molar-refractivity contribution in [1.82, 2.24) is 5.32 Å². The lowest BCUT2D eigenvalue weighted by atomic mass is 10.1. The van der Waals surface area contributed by atoms with E-state index in [0.29, 0.717) is 21.9 Å². The summed E-state index contributed by atoms with van der Waals surface area (Å²) in [5.41, 5.74) is 0.285. The zero-order valence-corrected chi connectivity index (χ0v) is 13.6. The number of hydrogen-bond donors (Lipinski definition) is 3. The van der Waals surface area contributed by atoms with Crippen molar-refractivity contribution in [2.75, 3.05) is 12.4 Å². The third-order valence-corrected chi connectivity index (χ3v) is 4.46.